The number of nitrogens with one attached hydrogen (secondary N) is 2. The molecule has 0 amide bonds. The third-order valence-electron chi connectivity index (χ3n) is 4.12. The zero-order chi connectivity index (χ0) is 19.9. The van der Waals surface area contributed by atoms with E-state index in [2.05, 4.69) is 25.6 Å². The van der Waals surface area contributed by atoms with E-state index in [-0.39, 0.29) is 0 Å². The summed E-state index contributed by atoms with van der Waals surface area (Å²) >= 11 is 0. The fourth-order valence-corrected chi connectivity index (χ4v) is 2.76. The molecular weight excluding hydrogens is 362 g/mol. The Balaban J connectivity index is 1.41. The van der Waals surface area contributed by atoms with E-state index < -0.39 is 0 Å². The van der Waals surface area contributed by atoms with E-state index >= 15 is 0 Å². The van der Waals surface area contributed by atoms with Crippen LogP contribution < -0.4 is 15.4 Å². The number of hydrogen-bond acceptors (Lipinski definition) is 6. The summed E-state index contributed by atoms with van der Waals surface area (Å²) < 4.78 is 5.82. The van der Waals surface area contributed by atoms with E-state index in [9.17, 15) is 0 Å². The lowest BCUT2D eigenvalue weighted by Crippen LogP contribution is -2.06. The molecule has 0 saturated heterocycles. The molecule has 2 heterocycles. The van der Waals surface area contributed by atoms with Crippen LogP contribution in [0.25, 0.3) is 0 Å². The minimum absolute atomic E-state index is 0.533. The third-order valence-corrected chi connectivity index (χ3v) is 4.12. The zero-order valence-corrected chi connectivity index (χ0v) is 16.0. The van der Waals surface area contributed by atoms with Gasteiger partial charge in [0.15, 0.2) is 0 Å². The molecule has 0 radical (unpaired) electrons. The van der Waals surface area contributed by atoms with E-state index in [1.54, 1.807) is 6.20 Å². The van der Waals surface area contributed by atoms with Gasteiger partial charge in [0, 0.05) is 23.6 Å². The summed E-state index contributed by atoms with van der Waals surface area (Å²) in [6.45, 7) is 2.54. The molecule has 144 valence electrons. The van der Waals surface area contributed by atoms with Gasteiger partial charge in [0.25, 0.3) is 0 Å². The lowest BCUT2D eigenvalue weighted by Gasteiger charge is -2.11. The molecule has 6 nitrogen and oxygen atoms in total. The van der Waals surface area contributed by atoms with Gasteiger partial charge < -0.3 is 15.4 Å². The van der Waals surface area contributed by atoms with Crippen LogP contribution in [0.2, 0.25) is 0 Å². The Labute approximate surface area is 169 Å². The fraction of sp³-hybridized carbons (Fsp3) is 0.0870. The van der Waals surface area contributed by atoms with Gasteiger partial charge in [0.2, 0.25) is 5.95 Å². The van der Waals surface area contributed by atoms with Crippen molar-refractivity contribution in [1.29, 1.82) is 0 Å². The van der Waals surface area contributed by atoms with E-state index in [1.807, 2.05) is 85.8 Å². The van der Waals surface area contributed by atoms with Gasteiger partial charge >= 0.3 is 0 Å². The van der Waals surface area contributed by atoms with Crippen molar-refractivity contribution >= 4 is 17.5 Å². The van der Waals surface area contributed by atoms with E-state index in [0.717, 1.165) is 34.4 Å². The summed E-state index contributed by atoms with van der Waals surface area (Å²) in [6.07, 6.45) is 1.78. The van der Waals surface area contributed by atoms with E-state index in [4.69, 9.17) is 4.74 Å². The Kier molecular flexibility index (Phi) is 5.62. The topological polar surface area (TPSA) is 72.0 Å². The molecule has 0 unspecified atom stereocenters. The highest BCUT2D eigenvalue weighted by Crippen LogP contribution is 2.24. The summed E-state index contributed by atoms with van der Waals surface area (Å²) in [5, 5.41) is 6.53. The first kappa shape index (κ1) is 18.4. The summed E-state index contributed by atoms with van der Waals surface area (Å²) in [6, 6.07) is 25.1. The number of nitrogens with zero attached hydrogens (tertiary/aromatic N) is 3. The predicted molar refractivity (Wildman–Crippen MR) is 115 cm³/mol. The number of ether oxygens (including phenoxy) is 1. The fourth-order valence-electron chi connectivity index (χ4n) is 2.76. The average Bonchev–Trinajstić information content (AvgIpc) is 2.75. The molecule has 0 fully saturated rings. The SMILES string of the molecule is Cc1cc(NCc2ccccn2)nc(Nc2ccc(Oc3ccccc3)cc2)n1. The number of anilines is 3. The third kappa shape index (κ3) is 5.29. The van der Waals surface area contributed by atoms with Gasteiger partial charge in [0.1, 0.15) is 17.3 Å². The largest absolute Gasteiger partial charge is 0.457 e. The van der Waals surface area contributed by atoms with Crippen LogP contribution in [0.15, 0.2) is 85.1 Å². The lowest BCUT2D eigenvalue weighted by atomic mass is 10.3. The molecule has 6 heteroatoms. The van der Waals surface area contributed by atoms with Gasteiger partial charge in [-0.2, -0.15) is 4.98 Å². The zero-order valence-electron chi connectivity index (χ0n) is 16.0. The van der Waals surface area contributed by atoms with Gasteiger partial charge in [-0.15, -0.1) is 0 Å². The maximum absolute atomic E-state index is 5.82. The highest BCUT2D eigenvalue weighted by atomic mass is 16.5. The summed E-state index contributed by atoms with van der Waals surface area (Å²) in [7, 11) is 0. The molecule has 0 bridgehead atoms. The lowest BCUT2D eigenvalue weighted by molar-refractivity contribution is 0.483. The second-order valence-electron chi connectivity index (χ2n) is 6.46. The molecule has 2 aromatic heterocycles. The molecule has 2 N–H and O–H groups in total. The van der Waals surface area contributed by atoms with Crippen LogP contribution in [0.1, 0.15) is 11.4 Å². The van der Waals surface area contributed by atoms with E-state index in [1.165, 1.54) is 0 Å². The maximum Gasteiger partial charge on any atom is 0.229 e. The predicted octanol–water partition coefficient (Wildman–Crippen LogP) is 5.33. The van der Waals surface area contributed by atoms with Crippen molar-refractivity contribution in [2.24, 2.45) is 0 Å². The Morgan fingerprint density at radius 2 is 1.59 bits per heavy atom. The number of aromatic nitrogens is 3. The van der Waals surface area contributed by atoms with Crippen LogP contribution in [-0.4, -0.2) is 15.0 Å². The minimum Gasteiger partial charge on any atom is -0.457 e. The maximum atomic E-state index is 5.82. The Morgan fingerprint density at radius 1 is 0.828 bits per heavy atom. The van der Waals surface area contributed by atoms with Crippen LogP contribution in [-0.2, 0) is 6.54 Å². The summed E-state index contributed by atoms with van der Waals surface area (Å²) in [4.78, 5) is 13.3. The molecule has 0 aliphatic carbocycles. The van der Waals surface area contributed by atoms with Crippen molar-refractivity contribution in [3.63, 3.8) is 0 Å². The molecule has 0 spiro atoms. The Bertz CT molecular complexity index is 1050. The molecule has 0 saturated carbocycles. The first-order chi connectivity index (χ1) is 14.2. The molecule has 4 aromatic rings. The number of pyridine rings is 1. The van der Waals surface area contributed by atoms with Crippen molar-refractivity contribution in [3.05, 3.63) is 96.4 Å². The number of benzene rings is 2. The van der Waals surface area contributed by atoms with Crippen molar-refractivity contribution in [2.45, 2.75) is 13.5 Å². The van der Waals surface area contributed by atoms with Crippen molar-refractivity contribution < 1.29 is 4.74 Å². The molecule has 0 aliphatic rings. The van der Waals surface area contributed by atoms with Crippen LogP contribution in [0.4, 0.5) is 17.5 Å². The highest BCUT2D eigenvalue weighted by molar-refractivity contribution is 5.56. The Hall–Kier alpha value is -3.93. The molecule has 4 rings (SSSR count). The van der Waals surface area contributed by atoms with Gasteiger partial charge in [-0.1, -0.05) is 24.3 Å². The highest BCUT2D eigenvalue weighted by Gasteiger charge is 2.04. The first-order valence-corrected chi connectivity index (χ1v) is 9.34. The molecular formula is C23H21N5O. The number of para-hydroxylation sites is 1. The Morgan fingerprint density at radius 3 is 2.34 bits per heavy atom. The number of aryl methyl sites for hydroxylation is 1. The standard InChI is InChI=1S/C23H21N5O/c1-17-15-22(25-16-19-7-5-6-14-24-19)28-23(26-17)27-18-10-12-21(13-11-18)29-20-8-3-2-4-9-20/h2-15H,16H2,1H3,(H2,25,26,27,28). The molecule has 2 aromatic carbocycles. The molecule has 29 heavy (non-hydrogen) atoms. The normalized spacial score (nSPS) is 10.4. The smallest absolute Gasteiger partial charge is 0.229 e. The second kappa shape index (κ2) is 8.84. The van der Waals surface area contributed by atoms with Crippen LogP contribution in [0.5, 0.6) is 11.5 Å². The number of rotatable bonds is 7. The first-order valence-electron chi connectivity index (χ1n) is 9.34. The quantitative estimate of drug-likeness (QED) is 0.449. The monoisotopic (exact) mass is 383 g/mol. The van der Waals surface area contributed by atoms with Crippen molar-refractivity contribution in [3.8, 4) is 11.5 Å². The number of hydrogen-bond donors (Lipinski definition) is 2. The van der Waals surface area contributed by atoms with Crippen molar-refractivity contribution in [1.82, 2.24) is 15.0 Å². The second-order valence-corrected chi connectivity index (χ2v) is 6.46. The van der Waals surface area contributed by atoms with Crippen LogP contribution in [0, 0.1) is 6.92 Å². The van der Waals surface area contributed by atoms with Gasteiger partial charge in [-0.05, 0) is 55.5 Å². The minimum atomic E-state index is 0.533. The molecule has 0 atom stereocenters. The average molecular weight is 383 g/mol. The van der Waals surface area contributed by atoms with E-state index in [0.29, 0.717) is 12.5 Å². The van der Waals surface area contributed by atoms with Crippen LogP contribution in [0.3, 0.4) is 0 Å². The van der Waals surface area contributed by atoms with Crippen molar-refractivity contribution in [2.75, 3.05) is 10.6 Å². The van der Waals surface area contributed by atoms with Gasteiger partial charge in [-0.25, -0.2) is 4.98 Å². The van der Waals surface area contributed by atoms with Gasteiger partial charge in [0.05, 0.1) is 12.2 Å². The van der Waals surface area contributed by atoms with Gasteiger partial charge in [-0.3, -0.25) is 4.98 Å². The summed E-state index contributed by atoms with van der Waals surface area (Å²) in [5.74, 6) is 2.85. The van der Waals surface area contributed by atoms with Crippen LogP contribution >= 0.6 is 0 Å². The summed E-state index contributed by atoms with van der Waals surface area (Å²) in [5.41, 5.74) is 2.70. The molecule has 0 aliphatic heterocycles.